The first-order valence-electron chi connectivity index (χ1n) is 5.88. The third-order valence-electron chi connectivity index (χ3n) is 2.62. The molecule has 0 fully saturated rings. The SMILES string of the molecule is Cc1ccc(CS(=O)(=O)NCc2csc(C)n2)cc1. The molecule has 0 aliphatic carbocycles. The number of nitrogens with one attached hydrogen (secondary N) is 1. The van der Waals surface area contributed by atoms with Crippen molar-refractivity contribution in [2.24, 2.45) is 0 Å². The first-order chi connectivity index (χ1) is 8.94. The smallest absolute Gasteiger partial charge is 0.216 e. The van der Waals surface area contributed by atoms with Gasteiger partial charge in [-0.25, -0.2) is 18.1 Å². The van der Waals surface area contributed by atoms with E-state index in [4.69, 9.17) is 0 Å². The standard InChI is InChI=1S/C13H16N2O2S2/c1-10-3-5-12(6-4-10)9-19(16,17)14-7-13-8-18-11(2)15-13/h3-6,8,14H,7,9H2,1-2H3. The van der Waals surface area contributed by atoms with E-state index in [0.717, 1.165) is 21.8 Å². The number of hydrogen-bond donors (Lipinski definition) is 1. The Morgan fingerprint density at radius 2 is 1.89 bits per heavy atom. The zero-order valence-electron chi connectivity index (χ0n) is 10.9. The van der Waals surface area contributed by atoms with Gasteiger partial charge in [-0.1, -0.05) is 29.8 Å². The van der Waals surface area contributed by atoms with Crippen molar-refractivity contribution < 1.29 is 8.42 Å². The fourth-order valence-corrected chi connectivity index (χ4v) is 3.34. The minimum Gasteiger partial charge on any atom is -0.245 e. The van der Waals surface area contributed by atoms with Gasteiger partial charge in [0.25, 0.3) is 0 Å². The maximum Gasteiger partial charge on any atom is 0.216 e. The van der Waals surface area contributed by atoms with Gasteiger partial charge in [-0.3, -0.25) is 0 Å². The summed E-state index contributed by atoms with van der Waals surface area (Å²) in [6, 6.07) is 7.49. The summed E-state index contributed by atoms with van der Waals surface area (Å²) >= 11 is 1.51. The lowest BCUT2D eigenvalue weighted by Crippen LogP contribution is -2.24. The Morgan fingerprint density at radius 1 is 1.21 bits per heavy atom. The molecule has 0 atom stereocenters. The second-order valence-corrected chi connectivity index (χ2v) is 7.29. The first-order valence-corrected chi connectivity index (χ1v) is 8.42. The van der Waals surface area contributed by atoms with Crippen molar-refractivity contribution in [2.45, 2.75) is 26.1 Å². The van der Waals surface area contributed by atoms with Crippen LogP contribution in [0.1, 0.15) is 21.8 Å². The van der Waals surface area contributed by atoms with Gasteiger partial charge in [0.2, 0.25) is 10.0 Å². The zero-order chi connectivity index (χ0) is 13.9. The van der Waals surface area contributed by atoms with Gasteiger partial charge >= 0.3 is 0 Å². The predicted octanol–water partition coefficient (Wildman–Crippen LogP) is 2.38. The predicted molar refractivity (Wildman–Crippen MR) is 77.5 cm³/mol. The Bertz CT molecular complexity index is 646. The van der Waals surface area contributed by atoms with Crippen LogP contribution in [0.2, 0.25) is 0 Å². The van der Waals surface area contributed by atoms with E-state index in [2.05, 4.69) is 9.71 Å². The van der Waals surface area contributed by atoms with E-state index < -0.39 is 10.0 Å². The van der Waals surface area contributed by atoms with Gasteiger partial charge in [-0.2, -0.15) is 0 Å². The Hall–Kier alpha value is -1.24. The van der Waals surface area contributed by atoms with Crippen molar-refractivity contribution in [3.8, 4) is 0 Å². The minimum absolute atomic E-state index is 0.00357. The maximum absolute atomic E-state index is 11.9. The van der Waals surface area contributed by atoms with Crippen LogP contribution >= 0.6 is 11.3 Å². The highest BCUT2D eigenvalue weighted by atomic mass is 32.2. The van der Waals surface area contributed by atoms with Crippen LogP contribution in [0.3, 0.4) is 0 Å². The molecule has 0 aliphatic heterocycles. The molecule has 102 valence electrons. The summed E-state index contributed by atoms with van der Waals surface area (Å²) in [7, 11) is -3.32. The van der Waals surface area contributed by atoms with E-state index in [-0.39, 0.29) is 12.3 Å². The van der Waals surface area contributed by atoms with Crippen molar-refractivity contribution in [3.05, 3.63) is 51.5 Å². The summed E-state index contributed by atoms with van der Waals surface area (Å²) in [4.78, 5) is 4.22. The van der Waals surface area contributed by atoms with E-state index in [1.165, 1.54) is 11.3 Å². The van der Waals surface area contributed by atoms with Gasteiger partial charge in [-0.15, -0.1) is 11.3 Å². The largest absolute Gasteiger partial charge is 0.245 e. The highest BCUT2D eigenvalue weighted by Gasteiger charge is 2.12. The average molecular weight is 296 g/mol. The molecule has 0 unspecified atom stereocenters. The molecule has 0 radical (unpaired) electrons. The quantitative estimate of drug-likeness (QED) is 0.921. The van der Waals surface area contributed by atoms with Crippen LogP contribution in [0, 0.1) is 13.8 Å². The second-order valence-electron chi connectivity index (χ2n) is 4.42. The van der Waals surface area contributed by atoms with E-state index in [0.29, 0.717) is 0 Å². The van der Waals surface area contributed by atoms with Gasteiger partial charge in [0, 0.05) is 5.38 Å². The molecule has 0 saturated heterocycles. The third-order valence-corrected chi connectivity index (χ3v) is 4.74. The molecule has 1 aromatic carbocycles. The number of rotatable bonds is 5. The fraction of sp³-hybridized carbons (Fsp3) is 0.308. The van der Waals surface area contributed by atoms with Gasteiger partial charge in [0.05, 0.1) is 23.0 Å². The molecule has 0 aliphatic rings. The fourth-order valence-electron chi connectivity index (χ4n) is 1.63. The van der Waals surface area contributed by atoms with Gasteiger partial charge in [0.15, 0.2) is 0 Å². The van der Waals surface area contributed by atoms with Crippen LogP contribution in [0.5, 0.6) is 0 Å². The van der Waals surface area contributed by atoms with Crippen LogP contribution in [-0.4, -0.2) is 13.4 Å². The molecule has 6 heteroatoms. The number of aromatic nitrogens is 1. The minimum atomic E-state index is -3.32. The number of hydrogen-bond acceptors (Lipinski definition) is 4. The van der Waals surface area contributed by atoms with Crippen molar-refractivity contribution in [1.29, 1.82) is 0 Å². The van der Waals surface area contributed by atoms with Crippen LogP contribution in [0.15, 0.2) is 29.6 Å². The molecule has 4 nitrogen and oxygen atoms in total. The third kappa shape index (κ3) is 4.41. The molecule has 0 amide bonds. The normalized spacial score (nSPS) is 11.7. The van der Waals surface area contributed by atoms with Gasteiger partial charge < -0.3 is 0 Å². The summed E-state index contributed by atoms with van der Waals surface area (Å²) in [6.07, 6.45) is 0. The van der Waals surface area contributed by atoms with Gasteiger partial charge in [-0.05, 0) is 19.4 Å². The molecular formula is C13H16N2O2S2. The van der Waals surface area contributed by atoms with Gasteiger partial charge in [0.1, 0.15) is 0 Å². The summed E-state index contributed by atoms with van der Waals surface area (Å²) in [5.74, 6) is -0.00357. The molecule has 1 heterocycles. The van der Waals surface area contributed by atoms with Crippen molar-refractivity contribution in [1.82, 2.24) is 9.71 Å². The number of thiazole rings is 1. The van der Waals surface area contributed by atoms with Crippen LogP contribution < -0.4 is 4.72 Å². The van der Waals surface area contributed by atoms with E-state index in [1.54, 1.807) is 0 Å². The highest BCUT2D eigenvalue weighted by molar-refractivity contribution is 7.88. The summed E-state index contributed by atoms with van der Waals surface area (Å²) < 4.78 is 26.4. The van der Waals surface area contributed by atoms with Crippen molar-refractivity contribution in [3.63, 3.8) is 0 Å². The Kier molecular flexibility index (Phi) is 4.34. The van der Waals surface area contributed by atoms with Crippen molar-refractivity contribution >= 4 is 21.4 Å². The lowest BCUT2D eigenvalue weighted by molar-refractivity contribution is 0.579. The van der Waals surface area contributed by atoms with E-state index in [9.17, 15) is 8.42 Å². The lowest BCUT2D eigenvalue weighted by atomic mass is 10.2. The molecule has 2 rings (SSSR count). The summed E-state index contributed by atoms with van der Waals surface area (Å²) in [5.41, 5.74) is 2.66. The highest BCUT2D eigenvalue weighted by Crippen LogP contribution is 2.10. The molecule has 1 N–H and O–H groups in total. The molecule has 0 spiro atoms. The second kappa shape index (κ2) is 5.81. The summed E-state index contributed by atoms with van der Waals surface area (Å²) in [6.45, 7) is 4.12. The molecular weight excluding hydrogens is 280 g/mol. The van der Waals surface area contributed by atoms with E-state index >= 15 is 0 Å². The molecule has 0 saturated carbocycles. The van der Waals surface area contributed by atoms with Crippen LogP contribution in [-0.2, 0) is 22.3 Å². The monoisotopic (exact) mass is 296 g/mol. The molecule has 19 heavy (non-hydrogen) atoms. The number of benzene rings is 1. The molecule has 1 aromatic heterocycles. The number of nitrogens with zero attached hydrogens (tertiary/aromatic N) is 1. The first kappa shape index (κ1) is 14.2. The topological polar surface area (TPSA) is 59.1 Å². The zero-order valence-corrected chi connectivity index (χ0v) is 12.5. The Labute approximate surface area is 117 Å². The van der Waals surface area contributed by atoms with Crippen molar-refractivity contribution in [2.75, 3.05) is 0 Å². The lowest BCUT2D eigenvalue weighted by Gasteiger charge is -2.05. The average Bonchev–Trinajstić information content (AvgIpc) is 2.76. The molecule has 2 aromatic rings. The Morgan fingerprint density at radius 3 is 2.47 bits per heavy atom. The summed E-state index contributed by atoms with van der Waals surface area (Å²) in [5, 5.41) is 2.80. The number of aryl methyl sites for hydroxylation is 2. The van der Waals surface area contributed by atoms with E-state index in [1.807, 2.05) is 43.5 Å². The number of sulfonamides is 1. The van der Waals surface area contributed by atoms with Crippen LogP contribution in [0.25, 0.3) is 0 Å². The van der Waals surface area contributed by atoms with Crippen LogP contribution in [0.4, 0.5) is 0 Å². The Balaban J connectivity index is 1.97. The molecule has 0 bridgehead atoms. The maximum atomic E-state index is 11.9.